The summed E-state index contributed by atoms with van der Waals surface area (Å²) in [5.41, 5.74) is 3.20. The maximum Gasteiger partial charge on any atom is 0.317 e. The largest absolute Gasteiger partial charge is 0.481 e. The van der Waals surface area contributed by atoms with Crippen LogP contribution in [0.5, 0.6) is 0 Å². The highest BCUT2D eigenvalue weighted by Crippen LogP contribution is 2.31. The Morgan fingerprint density at radius 3 is 1.56 bits per heavy atom. The van der Waals surface area contributed by atoms with Crippen LogP contribution in [-0.2, 0) is 24.0 Å². The second-order valence-corrected chi connectivity index (χ2v) is 5.78. The monoisotopic (exact) mass is 393 g/mol. The second kappa shape index (κ2) is 11.1. The van der Waals surface area contributed by atoms with E-state index in [4.69, 9.17) is 21.1 Å². The van der Waals surface area contributed by atoms with E-state index < -0.39 is 73.8 Å². The summed E-state index contributed by atoms with van der Waals surface area (Å²) >= 11 is 0. The van der Waals surface area contributed by atoms with Crippen LogP contribution in [0.25, 0.3) is 0 Å². The Bertz CT molecular complexity index is 547. The lowest BCUT2D eigenvalue weighted by Crippen LogP contribution is -2.65. The number of hydrogen-bond donors (Lipinski definition) is 7. The summed E-state index contributed by atoms with van der Waals surface area (Å²) in [6, 6.07) is -1.40. The zero-order valence-electron chi connectivity index (χ0n) is 14.3. The number of carboxylic acids is 5. The van der Waals surface area contributed by atoms with E-state index in [9.17, 15) is 34.2 Å². The number of hydrogen-bond acceptors (Lipinski definition) is 8. The van der Waals surface area contributed by atoms with Gasteiger partial charge in [-0.1, -0.05) is 0 Å². The van der Waals surface area contributed by atoms with Crippen LogP contribution in [0.1, 0.15) is 19.3 Å². The van der Waals surface area contributed by atoms with Gasteiger partial charge in [-0.25, -0.2) is 0 Å². The van der Waals surface area contributed by atoms with Gasteiger partial charge in [-0.3, -0.25) is 28.9 Å². The molecule has 0 radical (unpaired) electrons. The molecule has 0 aliphatic carbocycles. The van der Waals surface area contributed by atoms with E-state index in [-0.39, 0.29) is 13.1 Å². The maximum absolute atomic E-state index is 11.4. The first kappa shape index (κ1) is 24.2. The van der Waals surface area contributed by atoms with Crippen LogP contribution >= 0.6 is 0 Å². The molecular weight excluding hydrogens is 370 g/mol. The van der Waals surface area contributed by atoms with Crippen molar-refractivity contribution in [3.63, 3.8) is 0 Å². The van der Waals surface area contributed by atoms with E-state index in [0.29, 0.717) is 4.90 Å². The molecular formula is C14H23N3O10. The van der Waals surface area contributed by atoms with E-state index in [2.05, 4.69) is 5.32 Å². The van der Waals surface area contributed by atoms with Crippen molar-refractivity contribution in [3.05, 3.63) is 0 Å². The summed E-state index contributed by atoms with van der Waals surface area (Å²) in [7, 11) is 0. The molecule has 13 heteroatoms. The molecule has 0 bridgehead atoms. The Morgan fingerprint density at radius 2 is 1.26 bits per heavy atom. The molecule has 1 atom stereocenters. The van der Waals surface area contributed by atoms with Gasteiger partial charge in [0.2, 0.25) is 0 Å². The summed E-state index contributed by atoms with van der Waals surface area (Å²) in [6.07, 6.45) is -2.79. The summed E-state index contributed by atoms with van der Waals surface area (Å²) in [4.78, 5) is 57.1. The molecule has 154 valence electrons. The highest BCUT2D eigenvalue weighted by molar-refractivity contribution is 5.77. The third-order valence-electron chi connectivity index (χ3n) is 3.76. The molecule has 0 aromatic carbocycles. The number of aliphatic carboxylic acids is 5. The van der Waals surface area contributed by atoms with Crippen molar-refractivity contribution in [1.29, 1.82) is 0 Å². The number of carboxylic acid groups (broad SMARTS) is 5. The Balaban J connectivity index is 6.46. The quantitative estimate of drug-likeness (QED) is 0.153. The van der Waals surface area contributed by atoms with Crippen molar-refractivity contribution in [2.24, 2.45) is 5.73 Å². The van der Waals surface area contributed by atoms with Gasteiger partial charge in [0.25, 0.3) is 0 Å². The number of nitrogens with two attached hydrogens (primary N) is 1. The van der Waals surface area contributed by atoms with Crippen LogP contribution in [0.15, 0.2) is 0 Å². The lowest BCUT2D eigenvalue weighted by Gasteiger charge is -2.46. The first-order valence-corrected chi connectivity index (χ1v) is 7.72. The average Bonchev–Trinajstić information content (AvgIpc) is 2.47. The lowest BCUT2D eigenvalue weighted by molar-refractivity contribution is -0.157. The van der Waals surface area contributed by atoms with Crippen LogP contribution in [0.3, 0.4) is 0 Å². The van der Waals surface area contributed by atoms with Gasteiger partial charge in [0, 0.05) is 19.1 Å². The molecule has 0 saturated carbocycles. The van der Waals surface area contributed by atoms with Crippen LogP contribution in [0.2, 0.25) is 0 Å². The third-order valence-corrected chi connectivity index (χ3v) is 3.76. The fourth-order valence-corrected chi connectivity index (χ4v) is 2.86. The van der Waals surface area contributed by atoms with Gasteiger partial charge < -0.3 is 36.6 Å². The van der Waals surface area contributed by atoms with Crippen molar-refractivity contribution >= 4 is 29.8 Å². The zero-order valence-corrected chi connectivity index (χ0v) is 14.3. The zero-order chi connectivity index (χ0) is 21.2. The van der Waals surface area contributed by atoms with E-state index in [0.717, 1.165) is 0 Å². The molecule has 0 aromatic rings. The van der Waals surface area contributed by atoms with Crippen molar-refractivity contribution in [2.45, 2.75) is 30.8 Å². The molecule has 0 spiro atoms. The van der Waals surface area contributed by atoms with Gasteiger partial charge in [0.15, 0.2) is 0 Å². The van der Waals surface area contributed by atoms with E-state index >= 15 is 0 Å². The Kier molecular flexibility index (Phi) is 9.92. The topological polar surface area (TPSA) is 228 Å². The van der Waals surface area contributed by atoms with Crippen LogP contribution < -0.4 is 11.1 Å². The predicted octanol–water partition coefficient (Wildman–Crippen LogP) is -2.46. The fourth-order valence-electron chi connectivity index (χ4n) is 2.86. The number of nitrogens with one attached hydrogen (secondary N) is 1. The molecule has 0 fully saturated rings. The fraction of sp³-hybridized carbons (Fsp3) is 0.643. The van der Waals surface area contributed by atoms with E-state index in [1.165, 1.54) is 0 Å². The molecule has 0 saturated heterocycles. The molecule has 0 unspecified atom stereocenters. The number of nitrogens with zero attached hydrogens (tertiary/aromatic N) is 1. The Labute approximate surface area is 153 Å². The minimum absolute atomic E-state index is 0.00972. The standard InChI is InChI=1S/C14H23N3O10/c15-1-2-16-8(3-9(18)19)14(4-10(20)21,5-11(22)23)17(6-12(24)25)7-13(26)27/h8,16H,1-7,15H2,(H,18,19)(H,20,21)(H,22,23)(H,24,25)(H,26,27)/t8-/m0/s1. The molecule has 0 heterocycles. The molecule has 13 nitrogen and oxygen atoms in total. The molecule has 0 rings (SSSR count). The molecule has 27 heavy (non-hydrogen) atoms. The third kappa shape index (κ3) is 8.44. The maximum atomic E-state index is 11.4. The lowest BCUT2D eigenvalue weighted by atomic mass is 9.79. The number of rotatable bonds is 15. The minimum atomic E-state index is -2.15. The molecule has 0 aliphatic heterocycles. The van der Waals surface area contributed by atoms with Crippen molar-refractivity contribution < 1.29 is 49.5 Å². The van der Waals surface area contributed by atoms with Gasteiger partial charge >= 0.3 is 29.8 Å². The Hall–Kier alpha value is -2.77. The average molecular weight is 393 g/mol. The molecule has 0 amide bonds. The summed E-state index contributed by atoms with van der Waals surface area (Å²) in [5, 5.41) is 48.5. The molecule has 0 aromatic heterocycles. The van der Waals surface area contributed by atoms with Crippen LogP contribution in [0, 0.1) is 0 Å². The summed E-state index contributed by atoms with van der Waals surface area (Å²) < 4.78 is 0. The van der Waals surface area contributed by atoms with Gasteiger partial charge in [0.1, 0.15) is 0 Å². The van der Waals surface area contributed by atoms with Crippen molar-refractivity contribution in [1.82, 2.24) is 10.2 Å². The van der Waals surface area contributed by atoms with Crippen molar-refractivity contribution in [3.8, 4) is 0 Å². The SMILES string of the molecule is NCCN[C@@H](CC(=O)O)C(CC(=O)O)(CC(=O)O)N(CC(=O)O)CC(=O)O. The highest BCUT2D eigenvalue weighted by atomic mass is 16.4. The van der Waals surface area contributed by atoms with Crippen LogP contribution in [0.4, 0.5) is 0 Å². The second-order valence-electron chi connectivity index (χ2n) is 5.78. The van der Waals surface area contributed by atoms with Gasteiger partial charge in [-0.2, -0.15) is 0 Å². The predicted molar refractivity (Wildman–Crippen MR) is 87.2 cm³/mol. The number of carbonyl (C=O) groups is 5. The normalized spacial score (nSPS) is 12.5. The first-order valence-electron chi connectivity index (χ1n) is 7.72. The van der Waals surface area contributed by atoms with E-state index in [1.54, 1.807) is 0 Å². The minimum Gasteiger partial charge on any atom is -0.481 e. The van der Waals surface area contributed by atoms with Gasteiger partial charge in [0.05, 0.1) is 37.9 Å². The first-order chi connectivity index (χ1) is 12.4. The van der Waals surface area contributed by atoms with Crippen LogP contribution in [-0.4, -0.2) is 98.0 Å². The van der Waals surface area contributed by atoms with E-state index in [1.807, 2.05) is 0 Å². The van der Waals surface area contributed by atoms with Crippen molar-refractivity contribution in [2.75, 3.05) is 26.2 Å². The van der Waals surface area contributed by atoms with Gasteiger partial charge in [-0.15, -0.1) is 0 Å². The van der Waals surface area contributed by atoms with Gasteiger partial charge in [-0.05, 0) is 0 Å². The highest BCUT2D eigenvalue weighted by Gasteiger charge is 2.49. The Morgan fingerprint density at radius 1 is 0.815 bits per heavy atom. The molecule has 0 aliphatic rings. The molecule has 8 N–H and O–H groups in total. The summed E-state index contributed by atoms with van der Waals surface area (Å²) in [5.74, 6) is -7.60. The summed E-state index contributed by atoms with van der Waals surface area (Å²) in [6.45, 7) is -2.06. The smallest absolute Gasteiger partial charge is 0.317 e.